The zero-order valence-corrected chi connectivity index (χ0v) is 19.6. The Morgan fingerprint density at radius 2 is 1.85 bits per heavy atom. The Balaban J connectivity index is 1.10. The van der Waals surface area contributed by atoms with Crippen molar-refractivity contribution in [3.05, 3.63) is 54.0 Å². The number of pyridine rings is 1. The maximum absolute atomic E-state index is 13.5. The van der Waals surface area contributed by atoms with Crippen LogP contribution in [0.5, 0.6) is 0 Å². The quantitative estimate of drug-likeness (QED) is 0.705. The molecule has 0 spiro atoms. The summed E-state index contributed by atoms with van der Waals surface area (Å²) in [5.41, 5.74) is 1.85. The number of nitrogens with zero attached hydrogens (tertiary/aromatic N) is 3. The smallest absolute Gasteiger partial charge is 0.253 e. The molecule has 1 aliphatic carbocycles. The molecular weight excluding hydrogens is 431 g/mol. The molecule has 34 heavy (non-hydrogen) atoms. The molecule has 3 aliphatic rings. The van der Waals surface area contributed by atoms with Crippen molar-refractivity contribution in [3.8, 4) is 11.3 Å². The molecule has 3 heterocycles. The second-order valence-electron chi connectivity index (χ2n) is 9.99. The molecule has 6 nitrogen and oxygen atoms in total. The molecule has 5 rings (SSSR count). The predicted molar refractivity (Wildman–Crippen MR) is 129 cm³/mol. The Bertz CT molecular complexity index is 1020. The summed E-state index contributed by atoms with van der Waals surface area (Å²) in [5.74, 6) is 0.646. The zero-order valence-electron chi connectivity index (χ0n) is 19.6. The molecule has 1 aromatic carbocycles. The van der Waals surface area contributed by atoms with Gasteiger partial charge in [0.2, 0.25) is 5.91 Å². The average molecular weight is 465 g/mol. The molecule has 1 atom stereocenters. The summed E-state index contributed by atoms with van der Waals surface area (Å²) in [4.78, 5) is 34.2. The molecule has 2 amide bonds. The standard InChI is InChI=1S/C27H33FN4O2/c28-22-3-1-2-20(16-22)25-8-6-21(17-29-25)27(34)30-23-10-13-31(14-11-23)24-7-9-26(33)32(15-12-24)18-19-4-5-19/h1-3,6,8,16-17,19,23-24H,4-5,7,9-15,18H2,(H,30,34). The summed E-state index contributed by atoms with van der Waals surface area (Å²) in [5, 5.41) is 3.15. The highest BCUT2D eigenvalue weighted by Gasteiger charge is 2.32. The Kier molecular flexibility index (Phi) is 6.90. The minimum Gasteiger partial charge on any atom is -0.349 e. The second-order valence-corrected chi connectivity index (χ2v) is 9.99. The Morgan fingerprint density at radius 3 is 2.56 bits per heavy atom. The fourth-order valence-electron chi connectivity index (χ4n) is 5.22. The molecule has 1 N–H and O–H groups in total. The van der Waals surface area contributed by atoms with Crippen LogP contribution in [0.3, 0.4) is 0 Å². The van der Waals surface area contributed by atoms with Gasteiger partial charge in [-0.25, -0.2) is 4.39 Å². The summed E-state index contributed by atoms with van der Waals surface area (Å²) in [7, 11) is 0. The van der Waals surface area contributed by atoms with E-state index >= 15 is 0 Å². The summed E-state index contributed by atoms with van der Waals surface area (Å²) in [6.07, 6.45) is 8.60. The molecule has 2 saturated heterocycles. The zero-order chi connectivity index (χ0) is 23.5. The van der Waals surface area contributed by atoms with E-state index in [0.29, 0.717) is 35.2 Å². The number of carbonyl (C=O) groups excluding carboxylic acids is 2. The molecule has 1 unspecified atom stereocenters. The van der Waals surface area contributed by atoms with Crippen LogP contribution in [0.15, 0.2) is 42.6 Å². The Labute approximate surface area is 200 Å². The van der Waals surface area contributed by atoms with Crippen LogP contribution in [0.1, 0.15) is 55.3 Å². The van der Waals surface area contributed by atoms with Gasteiger partial charge in [-0.3, -0.25) is 14.6 Å². The van der Waals surface area contributed by atoms with Gasteiger partial charge in [0.15, 0.2) is 0 Å². The van der Waals surface area contributed by atoms with Crippen LogP contribution in [-0.4, -0.2) is 64.9 Å². The minimum atomic E-state index is -0.307. The first-order chi connectivity index (χ1) is 16.5. The highest BCUT2D eigenvalue weighted by molar-refractivity contribution is 5.94. The number of nitrogens with one attached hydrogen (secondary N) is 1. The van der Waals surface area contributed by atoms with Crippen LogP contribution in [0, 0.1) is 11.7 Å². The summed E-state index contributed by atoms with van der Waals surface area (Å²) < 4.78 is 13.5. The number of hydrogen-bond donors (Lipinski definition) is 1. The van der Waals surface area contributed by atoms with Crippen LogP contribution < -0.4 is 5.32 Å². The molecule has 3 fully saturated rings. The second kappa shape index (κ2) is 10.2. The normalized spacial score (nSPS) is 22.4. The fourth-order valence-corrected chi connectivity index (χ4v) is 5.22. The average Bonchev–Trinajstić information content (AvgIpc) is 3.69. The lowest BCUT2D eigenvalue weighted by atomic mass is 9.99. The lowest BCUT2D eigenvalue weighted by Crippen LogP contribution is -2.48. The van der Waals surface area contributed by atoms with E-state index in [0.717, 1.165) is 57.8 Å². The number of piperidine rings is 1. The van der Waals surface area contributed by atoms with E-state index in [9.17, 15) is 14.0 Å². The summed E-state index contributed by atoms with van der Waals surface area (Å²) in [6, 6.07) is 10.4. The predicted octanol–water partition coefficient (Wildman–Crippen LogP) is 3.87. The first-order valence-corrected chi connectivity index (χ1v) is 12.6. The third-order valence-corrected chi connectivity index (χ3v) is 7.48. The number of benzene rings is 1. The van der Waals surface area contributed by atoms with E-state index < -0.39 is 0 Å². The van der Waals surface area contributed by atoms with Crippen molar-refractivity contribution < 1.29 is 14.0 Å². The van der Waals surface area contributed by atoms with Gasteiger partial charge in [-0.15, -0.1) is 0 Å². The summed E-state index contributed by atoms with van der Waals surface area (Å²) in [6.45, 7) is 3.74. The van der Waals surface area contributed by atoms with Crippen molar-refractivity contribution in [1.29, 1.82) is 0 Å². The van der Waals surface area contributed by atoms with Crippen LogP contribution in [0.25, 0.3) is 11.3 Å². The van der Waals surface area contributed by atoms with Crippen molar-refractivity contribution in [3.63, 3.8) is 0 Å². The van der Waals surface area contributed by atoms with Gasteiger partial charge in [-0.2, -0.15) is 0 Å². The molecule has 0 bridgehead atoms. The van der Waals surface area contributed by atoms with Crippen LogP contribution in [0.2, 0.25) is 0 Å². The van der Waals surface area contributed by atoms with Gasteiger partial charge in [-0.05, 0) is 68.7 Å². The SMILES string of the molecule is O=C(NC1CCN(C2CCC(=O)N(CC3CC3)CC2)CC1)c1ccc(-c2cccc(F)c2)nc1. The van der Waals surface area contributed by atoms with Crippen LogP contribution in [0.4, 0.5) is 4.39 Å². The van der Waals surface area contributed by atoms with Crippen molar-refractivity contribution in [2.75, 3.05) is 26.2 Å². The van der Waals surface area contributed by atoms with Gasteiger partial charge in [-0.1, -0.05) is 12.1 Å². The van der Waals surface area contributed by atoms with Crippen molar-refractivity contribution >= 4 is 11.8 Å². The van der Waals surface area contributed by atoms with Gasteiger partial charge in [0.05, 0.1) is 11.3 Å². The van der Waals surface area contributed by atoms with E-state index in [-0.39, 0.29) is 17.8 Å². The highest BCUT2D eigenvalue weighted by atomic mass is 19.1. The first-order valence-electron chi connectivity index (χ1n) is 12.6. The number of halogens is 1. The molecule has 1 aromatic heterocycles. The Hall–Kier alpha value is -2.80. The van der Waals surface area contributed by atoms with Gasteiger partial charge < -0.3 is 15.1 Å². The fraction of sp³-hybridized carbons (Fsp3) is 0.519. The van der Waals surface area contributed by atoms with Crippen molar-refractivity contribution in [2.24, 2.45) is 5.92 Å². The molecule has 2 aliphatic heterocycles. The van der Waals surface area contributed by atoms with Crippen LogP contribution >= 0.6 is 0 Å². The van der Waals surface area contributed by atoms with E-state index in [2.05, 4.69) is 20.1 Å². The van der Waals surface area contributed by atoms with Crippen molar-refractivity contribution in [1.82, 2.24) is 20.1 Å². The monoisotopic (exact) mass is 464 g/mol. The first kappa shape index (κ1) is 23.0. The largest absolute Gasteiger partial charge is 0.349 e. The van der Waals surface area contributed by atoms with Crippen LogP contribution in [-0.2, 0) is 4.79 Å². The molecule has 2 aromatic rings. The molecule has 1 saturated carbocycles. The van der Waals surface area contributed by atoms with E-state index in [1.165, 1.54) is 25.0 Å². The third-order valence-electron chi connectivity index (χ3n) is 7.48. The number of carbonyl (C=O) groups is 2. The molecule has 180 valence electrons. The number of hydrogen-bond acceptors (Lipinski definition) is 4. The van der Waals surface area contributed by atoms with Gasteiger partial charge >= 0.3 is 0 Å². The molecule has 0 radical (unpaired) electrons. The Morgan fingerprint density at radius 1 is 1.03 bits per heavy atom. The van der Waals surface area contributed by atoms with Crippen molar-refractivity contribution in [2.45, 2.75) is 57.0 Å². The third kappa shape index (κ3) is 5.63. The maximum atomic E-state index is 13.5. The summed E-state index contributed by atoms with van der Waals surface area (Å²) >= 11 is 0. The minimum absolute atomic E-state index is 0.118. The van der Waals surface area contributed by atoms with Gasteiger partial charge in [0.1, 0.15) is 5.82 Å². The number of aromatic nitrogens is 1. The highest BCUT2D eigenvalue weighted by Crippen LogP contribution is 2.31. The number of likely N-dealkylation sites (tertiary alicyclic amines) is 2. The molecular formula is C27H33FN4O2. The lowest BCUT2D eigenvalue weighted by molar-refractivity contribution is -0.130. The maximum Gasteiger partial charge on any atom is 0.253 e. The topological polar surface area (TPSA) is 65.5 Å². The number of amides is 2. The van der Waals surface area contributed by atoms with Gasteiger partial charge in [0.25, 0.3) is 5.91 Å². The van der Waals surface area contributed by atoms with E-state index in [1.54, 1.807) is 30.5 Å². The van der Waals surface area contributed by atoms with E-state index in [4.69, 9.17) is 0 Å². The number of rotatable bonds is 6. The van der Waals surface area contributed by atoms with E-state index in [1.807, 2.05) is 0 Å². The molecule has 7 heteroatoms. The van der Waals surface area contributed by atoms with Gasteiger partial charge in [0, 0.05) is 56.4 Å². The lowest BCUT2D eigenvalue weighted by Gasteiger charge is -2.37.